The molecule has 3 rings (SSSR count). The number of nitrogens with one attached hydrogen (secondary N) is 1. The first kappa shape index (κ1) is 20.8. The molecular weight excluding hydrogens is 446 g/mol. The molecule has 2 aromatic rings. The number of benzene rings is 1. The topological polar surface area (TPSA) is 73.9 Å². The van der Waals surface area contributed by atoms with Gasteiger partial charge >= 0.3 is 5.97 Å². The maximum Gasteiger partial charge on any atom is 0.341 e. The van der Waals surface area contributed by atoms with E-state index in [0.717, 1.165) is 14.9 Å². The Balaban J connectivity index is 2.00. The van der Waals surface area contributed by atoms with Crippen LogP contribution in [0.5, 0.6) is 5.75 Å². The molecule has 1 aromatic carbocycles. The second-order valence-corrected chi connectivity index (χ2v) is 8.97. The van der Waals surface area contributed by atoms with Crippen molar-refractivity contribution in [2.45, 2.75) is 39.4 Å². The van der Waals surface area contributed by atoms with E-state index in [9.17, 15) is 9.59 Å². The zero-order chi connectivity index (χ0) is 20.5. The molecule has 1 aromatic heterocycles. The normalized spacial score (nSPS) is 14.9. The van der Waals surface area contributed by atoms with Gasteiger partial charge in [0.05, 0.1) is 37.1 Å². The summed E-state index contributed by atoms with van der Waals surface area (Å²) in [6, 6.07) is 5.18. The Kier molecular flexibility index (Phi) is 6.12. The van der Waals surface area contributed by atoms with Crippen LogP contribution in [-0.2, 0) is 22.5 Å². The maximum atomic E-state index is 12.9. The number of carbonyl (C=O) groups is 2. The van der Waals surface area contributed by atoms with Gasteiger partial charge in [-0.05, 0) is 44.5 Å². The molecule has 0 aliphatic carbocycles. The summed E-state index contributed by atoms with van der Waals surface area (Å²) in [5.41, 5.74) is 1.29. The van der Waals surface area contributed by atoms with Crippen LogP contribution in [0.25, 0.3) is 0 Å². The van der Waals surface area contributed by atoms with E-state index >= 15 is 0 Å². The minimum atomic E-state index is -0.436. The smallest absolute Gasteiger partial charge is 0.341 e. The highest BCUT2D eigenvalue weighted by molar-refractivity contribution is 9.10. The molecule has 1 aliphatic heterocycles. The molecule has 8 heteroatoms. The lowest BCUT2D eigenvalue weighted by Gasteiger charge is -2.30. The van der Waals surface area contributed by atoms with E-state index in [-0.39, 0.29) is 18.1 Å². The van der Waals surface area contributed by atoms with Gasteiger partial charge in [-0.1, -0.05) is 15.9 Å². The minimum Gasteiger partial charge on any atom is -0.496 e. The van der Waals surface area contributed by atoms with E-state index in [1.54, 1.807) is 25.1 Å². The molecule has 2 heterocycles. The molecular formula is C20H22BrNO5S. The third-order valence-electron chi connectivity index (χ3n) is 4.40. The van der Waals surface area contributed by atoms with Crippen molar-refractivity contribution >= 4 is 44.1 Å². The molecule has 0 spiro atoms. The van der Waals surface area contributed by atoms with Crippen LogP contribution in [0.4, 0.5) is 5.00 Å². The summed E-state index contributed by atoms with van der Waals surface area (Å²) >= 11 is 4.72. The number of hydrogen-bond acceptors (Lipinski definition) is 6. The summed E-state index contributed by atoms with van der Waals surface area (Å²) in [6.07, 6.45) is 0.572. The third kappa shape index (κ3) is 4.24. The quantitative estimate of drug-likeness (QED) is 0.639. The Morgan fingerprint density at radius 3 is 2.79 bits per heavy atom. The van der Waals surface area contributed by atoms with Gasteiger partial charge in [0.1, 0.15) is 10.8 Å². The fraction of sp³-hybridized carbons (Fsp3) is 0.400. The Hall–Kier alpha value is -1.90. The summed E-state index contributed by atoms with van der Waals surface area (Å²) < 4.78 is 17.2. The first-order valence-electron chi connectivity index (χ1n) is 8.86. The predicted octanol–water partition coefficient (Wildman–Crippen LogP) is 4.80. The van der Waals surface area contributed by atoms with Crippen LogP contribution in [0, 0.1) is 0 Å². The standard InChI is InChI=1S/C20H22BrNO5S/c1-5-26-19(24)16-13-9-20(2,3)27-10-15(13)28-18(16)22-17(23)12-8-11(21)6-7-14(12)25-4/h6-8H,5,9-10H2,1-4H3,(H,22,23). The number of hydrogen-bond donors (Lipinski definition) is 1. The van der Waals surface area contributed by atoms with Gasteiger partial charge in [0.2, 0.25) is 0 Å². The van der Waals surface area contributed by atoms with Crippen LogP contribution in [0.15, 0.2) is 22.7 Å². The molecule has 0 atom stereocenters. The molecule has 28 heavy (non-hydrogen) atoms. The summed E-state index contributed by atoms with van der Waals surface area (Å²) in [5, 5.41) is 3.34. The van der Waals surface area contributed by atoms with Crippen LogP contribution in [0.1, 0.15) is 51.9 Å². The summed E-state index contributed by atoms with van der Waals surface area (Å²) in [4.78, 5) is 26.5. The Morgan fingerprint density at radius 1 is 1.36 bits per heavy atom. The van der Waals surface area contributed by atoms with Crippen molar-refractivity contribution in [2.75, 3.05) is 19.0 Å². The highest BCUT2D eigenvalue weighted by Crippen LogP contribution is 2.41. The molecule has 0 bridgehead atoms. The zero-order valence-corrected chi connectivity index (χ0v) is 18.6. The maximum absolute atomic E-state index is 12.9. The van der Waals surface area contributed by atoms with Gasteiger partial charge in [-0.2, -0.15) is 0 Å². The molecule has 1 amide bonds. The largest absolute Gasteiger partial charge is 0.496 e. The molecule has 1 N–H and O–H groups in total. The van der Waals surface area contributed by atoms with Crippen LogP contribution >= 0.6 is 27.3 Å². The SMILES string of the molecule is CCOC(=O)c1c(NC(=O)c2cc(Br)ccc2OC)sc2c1CC(C)(C)OC2. The first-order chi connectivity index (χ1) is 13.3. The molecule has 1 aliphatic rings. The number of esters is 1. The van der Waals surface area contributed by atoms with E-state index in [2.05, 4.69) is 21.2 Å². The Bertz CT molecular complexity index is 922. The molecule has 0 unspecified atom stereocenters. The lowest BCUT2D eigenvalue weighted by molar-refractivity contribution is -0.0384. The predicted molar refractivity (Wildman–Crippen MR) is 111 cm³/mol. The van der Waals surface area contributed by atoms with Gasteiger partial charge < -0.3 is 19.5 Å². The van der Waals surface area contributed by atoms with Crippen molar-refractivity contribution in [1.82, 2.24) is 0 Å². The number of halogens is 1. The van der Waals surface area contributed by atoms with Gasteiger partial charge in [-0.25, -0.2) is 4.79 Å². The van der Waals surface area contributed by atoms with Gasteiger partial charge in [-0.15, -0.1) is 11.3 Å². The summed E-state index contributed by atoms with van der Waals surface area (Å²) in [5.74, 6) is -0.346. The van der Waals surface area contributed by atoms with Crippen LogP contribution in [-0.4, -0.2) is 31.2 Å². The number of ether oxygens (including phenoxy) is 3. The number of carbonyl (C=O) groups excluding carboxylic acids is 2. The highest BCUT2D eigenvalue weighted by atomic mass is 79.9. The lowest BCUT2D eigenvalue weighted by Crippen LogP contribution is -2.32. The van der Waals surface area contributed by atoms with Crippen LogP contribution in [0.3, 0.4) is 0 Å². The minimum absolute atomic E-state index is 0.260. The molecule has 0 fully saturated rings. The van der Waals surface area contributed by atoms with E-state index in [4.69, 9.17) is 14.2 Å². The highest BCUT2D eigenvalue weighted by Gasteiger charge is 2.34. The molecule has 0 radical (unpaired) electrons. The number of rotatable bonds is 5. The zero-order valence-electron chi connectivity index (χ0n) is 16.2. The number of methoxy groups -OCH3 is 1. The van der Waals surface area contributed by atoms with Gasteiger partial charge in [-0.3, -0.25) is 4.79 Å². The van der Waals surface area contributed by atoms with Crippen molar-refractivity contribution in [3.63, 3.8) is 0 Å². The van der Waals surface area contributed by atoms with Gasteiger partial charge in [0, 0.05) is 15.8 Å². The lowest BCUT2D eigenvalue weighted by atomic mass is 9.93. The number of amides is 1. The summed E-state index contributed by atoms with van der Waals surface area (Å²) in [7, 11) is 1.51. The van der Waals surface area contributed by atoms with Gasteiger partial charge in [0.15, 0.2) is 0 Å². The van der Waals surface area contributed by atoms with Crippen LogP contribution in [0.2, 0.25) is 0 Å². The summed E-state index contributed by atoms with van der Waals surface area (Å²) in [6.45, 7) is 6.38. The fourth-order valence-corrected chi connectivity index (χ4v) is 4.56. The number of anilines is 1. The number of thiophene rings is 1. The second kappa shape index (κ2) is 8.23. The average Bonchev–Trinajstić information content (AvgIpc) is 2.97. The average molecular weight is 468 g/mol. The first-order valence-corrected chi connectivity index (χ1v) is 10.5. The molecule has 6 nitrogen and oxygen atoms in total. The number of fused-ring (bicyclic) bond motifs is 1. The second-order valence-electron chi connectivity index (χ2n) is 6.95. The third-order valence-corrected chi connectivity index (χ3v) is 6.01. The van der Waals surface area contributed by atoms with E-state index in [0.29, 0.717) is 34.9 Å². The van der Waals surface area contributed by atoms with Gasteiger partial charge in [0.25, 0.3) is 5.91 Å². The monoisotopic (exact) mass is 467 g/mol. The van der Waals surface area contributed by atoms with Crippen molar-refractivity contribution in [2.24, 2.45) is 0 Å². The van der Waals surface area contributed by atoms with Crippen molar-refractivity contribution in [1.29, 1.82) is 0 Å². The van der Waals surface area contributed by atoms with Crippen LogP contribution < -0.4 is 10.1 Å². The fourth-order valence-electron chi connectivity index (χ4n) is 3.09. The molecule has 0 saturated carbocycles. The molecule has 150 valence electrons. The van der Waals surface area contributed by atoms with Crippen molar-refractivity contribution in [3.8, 4) is 5.75 Å². The van der Waals surface area contributed by atoms with E-state index < -0.39 is 5.97 Å². The van der Waals surface area contributed by atoms with Crippen molar-refractivity contribution in [3.05, 3.63) is 44.2 Å². The Labute approximate surface area is 176 Å². The van der Waals surface area contributed by atoms with Crippen molar-refractivity contribution < 1.29 is 23.8 Å². The molecule has 0 saturated heterocycles. The van der Waals surface area contributed by atoms with E-state index in [1.165, 1.54) is 18.4 Å². The van der Waals surface area contributed by atoms with E-state index in [1.807, 2.05) is 13.8 Å². The Morgan fingerprint density at radius 2 is 2.11 bits per heavy atom.